The summed E-state index contributed by atoms with van der Waals surface area (Å²) in [7, 11) is -2.12. The van der Waals surface area contributed by atoms with Gasteiger partial charge in [-0.05, 0) is 38.1 Å². The van der Waals surface area contributed by atoms with E-state index in [0.29, 0.717) is 6.42 Å². The highest BCUT2D eigenvalue weighted by molar-refractivity contribution is 7.89. The van der Waals surface area contributed by atoms with Gasteiger partial charge in [0.1, 0.15) is 0 Å². The molecule has 122 valence electrons. The Balaban J connectivity index is 2.52. The third-order valence-corrected chi connectivity index (χ3v) is 4.46. The summed E-state index contributed by atoms with van der Waals surface area (Å²) in [5.74, 6) is -1.20. The maximum Gasteiger partial charge on any atom is 0.305 e. The molecule has 1 aromatic carbocycles. The zero-order chi connectivity index (χ0) is 16.8. The summed E-state index contributed by atoms with van der Waals surface area (Å²) in [4.78, 5) is 22.3. The second kappa shape index (κ2) is 7.90. The monoisotopic (exact) mass is 328 g/mol. The fraction of sp³-hybridized carbons (Fsp3) is 0.429. The van der Waals surface area contributed by atoms with Gasteiger partial charge in [0.25, 0.3) is 0 Å². The van der Waals surface area contributed by atoms with Crippen molar-refractivity contribution in [1.29, 1.82) is 0 Å². The van der Waals surface area contributed by atoms with Crippen LogP contribution in [0, 0.1) is 0 Å². The van der Waals surface area contributed by atoms with E-state index in [2.05, 4.69) is 10.0 Å². The van der Waals surface area contributed by atoms with Crippen molar-refractivity contribution < 1.29 is 23.1 Å². The quantitative estimate of drug-likeness (QED) is 0.643. The van der Waals surface area contributed by atoms with E-state index in [4.69, 9.17) is 5.11 Å². The fourth-order valence-electron chi connectivity index (χ4n) is 1.87. The summed E-state index contributed by atoms with van der Waals surface area (Å²) < 4.78 is 25.4. The predicted octanol–water partition coefficient (Wildman–Crippen LogP) is 0.507. The minimum absolute atomic E-state index is 0.123. The highest BCUT2D eigenvalue weighted by atomic mass is 32.2. The lowest BCUT2D eigenvalue weighted by Crippen LogP contribution is -2.34. The van der Waals surface area contributed by atoms with Gasteiger partial charge in [-0.3, -0.25) is 9.59 Å². The Hall–Kier alpha value is -1.93. The third kappa shape index (κ3) is 5.82. The lowest BCUT2D eigenvalue weighted by atomic mass is 10.1. The van der Waals surface area contributed by atoms with Crippen LogP contribution in [0.3, 0.4) is 0 Å². The van der Waals surface area contributed by atoms with Crippen LogP contribution in [-0.4, -0.2) is 38.5 Å². The van der Waals surface area contributed by atoms with Gasteiger partial charge in [0.15, 0.2) is 0 Å². The Morgan fingerprint density at radius 1 is 1.23 bits per heavy atom. The van der Waals surface area contributed by atoms with Crippen LogP contribution in [0.15, 0.2) is 29.2 Å². The van der Waals surface area contributed by atoms with Gasteiger partial charge < -0.3 is 10.4 Å². The van der Waals surface area contributed by atoms with Crippen LogP contribution < -0.4 is 10.0 Å². The topological polar surface area (TPSA) is 113 Å². The maximum atomic E-state index is 11.7. The zero-order valence-electron chi connectivity index (χ0n) is 12.5. The van der Waals surface area contributed by atoms with Crippen molar-refractivity contribution in [2.75, 3.05) is 7.05 Å². The van der Waals surface area contributed by atoms with Crippen molar-refractivity contribution in [3.8, 4) is 0 Å². The first-order valence-corrected chi connectivity index (χ1v) is 8.26. The first-order chi connectivity index (χ1) is 10.2. The van der Waals surface area contributed by atoms with Gasteiger partial charge in [-0.1, -0.05) is 12.1 Å². The highest BCUT2D eigenvalue weighted by Crippen LogP contribution is 2.11. The minimum Gasteiger partial charge on any atom is -0.481 e. The molecule has 1 rings (SSSR count). The summed E-state index contributed by atoms with van der Waals surface area (Å²) >= 11 is 0. The molecule has 0 heterocycles. The van der Waals surface area contributed by atoms with E-state index in [1.54, 1.807) is 19.1 Å². The van der Waals surface area contributed by atoms with E-state index in [1.807, 2.05) is 0 Å². The van der Waals surface area contributed by atoms with Gasteiger partial charge in [0.2, 0.25) is 15.9 Å². The third-order valence-electron chi connectivity index (χ3n) is 3.03. The molecule has 7 nitrogen and oxygen atoms in total. The molecule has 0 radical (unpaired) electrons. The molecule has 8 heteroatoms. The van der Waals surface area contributed by atoms with Gasteiger partial charge >= 0.3 is 5.97 Å². The number of carboxylic acid groups (broad SMARTS) is 1. The number of carbonyl (C=O) groups is 2. The largest absolute Gasteiger partial charge is 0.481 e. The van der Waals surface area contributed by atoms with Crippen LogP contribution in [-0.2, 0) is 26.0 Å². The van der Waals surface area contributed by atoms with Gasteiger partial charge in [0, 0.05) is 12.5 Å². The lowest BCUT2D eigenvalue weighted by Gasteiger charge is -2.11. The van der Waals surface area contributed by atoms with Crippen molar-refractivity contribution in [1.82, 2.24) is 10.0 Å². The molecule has 1 aromatic rings. The van der Waals surface area contributed by atoms with Crippen LogP contribution >= 0.6 is 0 Å². The van der Waals surface area contributed by atoms with Gasteiger partial charge in [-0.25, -0.2) is 13.1 Å². The van der Waals surface area contributed by atoms with Crippen LogP contribution in [0.5, 0.6) is 0 Å². The van der Waals surface area contributed by atoms with Crippen molar-refractivity contribution >= 4 is 21.9 Å². The summed E-state index contributed by atoms with van der Waals surface area (Å²) in [6.45, 7) is 1.63. The summed E-state index contributed by atoms with van der Waals surface area (Å²) in [5.41, 5.74) is 0.830. The Morgan fingerprint density at radius 3 is 2.32 bits per heavy atom. The van der Waals surface area contributed by atoms with Crippen LogP contribution in [0.25, 0.3) is 0 Å². The second-order valence-electron chi connectivity index (χ2n) is 4.92. The molecule has 22 heavy (non-hydrogen) atoms. The number of hydrogen-bond donors (Lipinski definition) is 3. The molecular formula is C14H20N2O5S. The first-order valence-electron chi connectivity index (χ1n) is 6.78. The van der Waals surface area contributed by atoms with Gasteiger partial charge in [-0.15, -0.1) is 0 Å². The minimum atomic E-state index is -3.46. The molecule has 0 spiro atoms. The number of carboxylic acids is 1. The average Bonchev–Trinajstić information content (AvgIpc) is 2.44. The smallest absolute Gasteiger partial charge is 0.305 e. The van der Waals surface area contributed by atoms with Crippen molar-refractivity contribution in [2.45, 2.75) is 37.1 Å². The van der Waals surface area contributed by atoms with E-state index in [9.17, 15) is 18.0 Å². The standard InChI is InChI=1S/C14H20N2O5S/c1-10(9-14(18)19)16-13(17)8-5-11-3-6-12(7-4-11)22(20,21)15-2/h3-4,6-7,10,15H,5,8-9H2,1-2H3,(H,16,17)(H,18,19). The normalized spacial score (nSPS) is 12.6. The van der Waals surface area contributed by atoms with Crippen LogP contribution in [0.4, 0.5) is 0 Å². The van der Waals surface area contributed by atoms with Gasteiger partial charge in [-0.2, -0.15) is 0 Å². The molecule has 0 aromatic heterocycles. The maximum absolute atomic E-state index is 11.7. The van der Waals surface area contributed by atoms with Crippen molar-refractivity contribution in [3.63, 3.8) is 0 Å². The molecule has 0 aliphatic heterocycles. The molecule has 3 N–H and O–H groups in total. The highest BCUT2D eigenvalue weighted by Gasteiger charge is 2.12. The lowest BCUT2D eigenvalue weighted by molar-refractivity contribution is -0.137. The fourth-order valence-corrected chi connectivity index (χ4v) is 2.60. The number of sulfonamides is 1. The summed E-state index contributed by atoms with van der Waals surface area (Å²) in [6, 6.07) is 5.84. The number of hydrogen-bond acceptors (Lipinski definition) is 4. The second-order valence-corrected chi connectivity index (χ2v) is 6.80. The van der Waals surface area contributed by atoms with Gasteiger partial charge in [0.05, 0.1) is 11.3 Å². The Kier molecular flexibility index (Phi) is 6.51. The Labute approximate surface area is 129 Å². The number of aliphatic carboxylic acids is 1. The molecule has 1 unspecified atom stereocenters. The van der Waals surface area contributed by atoms with E-state index < -0.39 is 22.0 Å². The van der Waals surface area contributed by atoms with Crippen LogP contribution in [0.1, 0.15) is 25.3 Å². The van der Waals surface area contributed by atoms with E-state index >= 15 is 0 Å². The SMILES string of the molecule is CNS(=O)(=O)c1ccc(CCC(=O)NC(C)CC(=O)O)cc1. The molecule has 1 atom stereocenters. The summed E-state index contributed by atoms with van der Waals surface area (Å²) in [6.07, 6.45) is 0.538. The molecule has 0 saturated heterocycles. The molecule has 0 bridgehead atoms. The number of carbonyl (C=O) groups excluding carboxylic acids is 1. The Bertz CT molecular complexity index is 625. The van der Waals surface area contributed by atoms with E-state index in [-0.39, 0.29) is 23.6 Å². The molecule has 1 amide bonds. The molecule has 0 aliphatic carbocycles. The number of aryl methyl sites for hydroxylation is 1. The summed E-state index contributed by atoms with van der Waals surface area (Å²) in [5, 5.41) is 11.2. The number of rotatable bonds is 8. The molecular weight excluding hydrogens is 308 g/mol. The van der Waals surface area contributed by atoms with Crippen LogP contribution in [0.2, 0.25) is 0 Å². The average molecular weight is 328 g/mol. The number of nitrogens with one attached hydrogen (secondary N) is 2. The van der Waals surface area contributed by atoms with E-state index in [1.165, 1.54) is 19.2 Å². The Morgan fingerprint density at radius 2 is 1.82 bits per heavy atom. The number of amides is 1. The molecule has 0 fully saturated rings. The van der Waals surface area contributed by atoms with E-state index in [0.717, 1.165) is 5.56 Å². The number of benzene rings is 1. The molecule has 0 saturated carbocycles. The molecule has 0 aliphatic rings. The van der Waals surface area contributed by atoms with Crippen molar-refractivity contribution in [3.05, 3.63) is 29.8 Å². The zero-order valence-corrected chi connectivity index (χ0v) is 13.3. The van der Waals surface area contributed by atoms with Crippen molar-refractivity contribution in [2.24, 2.45) is 0 Å². The first kappa shape index (κ1) is 18.1. The predicted molar refractivity (Wildman–Crippen MR) is 80.9 cm³/mol.